The van der Waals surface area contributed by atoms with Crippen molar-refractivity contribution in [1.82, 2.24) is 9.80 Å². The second-order valence-corrected chi connectivity index (χ2v) is 3.84. The maximum absolute atomic E-state index is 12.0. The van der Waals surface area contributed by atoms with Crippen molar-refractivity contribution < 1.29 is 9.90 Å². The average molecular weight is 219 g/mol. The van der Waals surface area contributed by atoms with Crippen LogP contribution in [0.4, 0.5) is 0 Å². The zero-order chi connectivity index (χ0) is 11.4. The minimum Gasteiger partial charge on any atom is -0.381 e. The molecule has 0 saturated carbocycles. The molecule has 1 N–H and O–H groups in total. The van der Waals surface area contributed by atoms with Gasteiger partial charge in [-0.05, 0) is 18.2 Å². The van der Waals surface area contributed by atoms with E-state index in [0.29, 0.717) is 18.7 Å². The van der Waals surface area contributed by atoms with E-state index in [1.807, 2.05) is 15.9 Å². The maximum atomic E-state index is 12.0. The van der Waals surface area contributed by atoms with E-state index in [0.717, 1.165) is 13.1 Å². The largest absolute Gasteiger partial charge is 0.381 e. The van der Waals surface area contributed by atoms with Crippen molar-refractivity contribution in [2.45, 2.75) is 0 Å². The summed E-state index contributed by atoms with van der Waals surface area (Å²) >= 11 is 0. The zero-order valence-electron chi connectivity index (χ0n) is 9.09. The number of carbonyl (C=O) groups is 1. The van der Waals surface area contributed by atoms with Crippen LogP contribution >= 0.6 is 0 Å². The summed E-state index contributed by atoms with van der Waals surface area (Å²) in [5.74, 6) is 0.0504. The van der Waals surface area contributed by atoms with Crippen molar-refractivity contribution in [3.8, 4) is 0 Å². The first-order chi connectivity index (χ1) is 7.81. The first kappa shape index (κ1) is 11.1. The Balaban J connectivity index is 1.97. The van der Waals surface area contributed by atoms with Crippen molar-refractivity contribution in [2.75, 3.05) is 32.9 Å². The minimum absolute atomic E-state index is 0.0504. The molecule has 1 fully saturated rings. The molecule has 1 amide bonds. The summed E-state index contributed by atoms with van der Waals surface area (Å²) in [4.78, 5) is 15.8. The third-order valence-corrected chi connectivity index (χ3v) is 2.81. The molecule has 1 aliphatic rings. The van der Waals surface area contributed by atoms with Crippen LogP contribution in [0, 0.1) is 6.07 Å². The smallest absolute Gasteiger partial charge is 0.253 e. The number of aliphatic hydroxyl groups is 1. The van der Waals surface area contributed by atoms with Crippen LogP contribution in [0.3, 0.4) is 0 Å². The SMILES string of the molecule is O=C(c1c[c]ccc1)N1CCN(CO)CC1. The number of piperazine rings is 1. The molecule has 85 valence electrons. The van der Waals surface area contributed by atoms with Crippen LogP contribution < -0.4 is 0 Å². The molecule has 1 radical (unpaired) electrons. The van der Waals surface area contributed by atoms with E-state index in [2.05, 4.69) is 6.07 Å². The quantitative estimate of drug-likeness (QED) is 0.772. The topological polar surface area (TPSA) is 43.8 Å². The first-order valence-electron chi connectivity index (χ1n) is 5.40. The molecule has 1 aromatic rings. The molecule has 0 unspecified atom stereocenters. The predicted molar refractivity (Wildman–Crippen MR) is 59.8 cm³/mol. The van der Waals surface area contributed by atoms with E-state index in [9.17, 15) is 4.79 Å². The van der Waals surface area contributed by atoms with Gasteiger partial charge < -0.3 is 10.0 Å². The third-order valence-electron chi connectivity index (χ3n) is 2.81. The summed E-state index contributed by atoms with van der Waals surface area (Å²) in [5, 5.41) is 8.95. The lowest BCUT2D eigenvalue weighted by Crippen LogP contribution is -2.48. The van der Waals surface area contributed by atoms with Gasteiger partial charge in [0.25, 0.3) is 5.91 Å². The number of benzene rings is 1. The van der Waals surface area contributed by atoms with E-state index in [1.54, 1.807) is 18.2 Å². The molecule has 16 heavy (non-hydrogen) atoms. The van der Waals surface area contributed by atoms with Crippen LogP contribution in [0.1, 0.15) is 10.4 Å². The Bertz CT molecular complexity index is 345. The fraction of sp³-hybridized carbons (Fsp3) is 0.417. The van der Waals surface area contributed by atoms with Crippen LogP contribution in [0.5, 0.6) is 0 Å². The zero-order valence-corrected chi connectivity index (χ0v) is 9.09. The number of carbonyl (C=O) groups excluding carboxylic acids is 1. The lowest BCUT2D eigenvalue weighted by molar-refractivity contribution is 0.0423. The Labute approximate surface area is 95.1 Å². The van der Waals surface area contributed by atoms with Gasteiger partial charge in [-0.25, -0.2) is 0 Å². The second-order valence-electron chi connectivity index (χ2n) is 3.84. The van der Waals surface area contributed by atoms with E-state index in [4.69, 9.17) is 5.11 Å². The molecule has 1 aromatic carbocycles. The molecule has 4 heteroatoms. The van der Waals surface area contributed by atoms with E-state index in [1.165, 1.54) is 0 Å². The van der Waals surface area contributed by atoms with Gasteiger partial charge in [0.2, 0.25) is 0 Å². The van der Waals surface area contributed by atoms with Crippen molar-refractivity contribution in [2.24, 2.45) is 0 Å². The van der Waals surface area contributed by atoms with E-state index in [-0.39, 0.29) is 12.6 Å². The maximum Gasteiger partial charge on any atom is 0.253 e. The molecule has 1 heterocycles. The third kappa shape index (κ3) is 2.40. The van der Waals surface area contributed by atoms with Crippen LogP contribution in [0.25, 0.3) is 0 Å². The number of nitrogens with zero attached hydrogens (tertiary/aromatic N) is 2. The van der Waals surface area contributed by atoms with Crippen LogP contribution in [-0.4, -0.2) is 53.7 Å². The van der Waals surface area contributed by atoms with Crippen molar-refractivity contribution in [3.63, 3.8) is 0 Å². The lowest BCUT2D eigenvalue weighted by atomic mass is 10.2. The Morgan fingerprint density at radius 3 is 2.69 bits per heavy atom. The number of aliphatic hydroxyl groups excluding tert-OH is 1. The molecule has 0 atom stereocenters. The highest BCUT2D eigenvalue weighted by atomic mass is 16.3. The van der Waals surface area contributed by atoms with Gasteiger partial charge in [0, 0.05) is 31.7 Å². The summed E-state index contributed by atoms with van der Waals surface area (Å²) in [7, 11) is 0. The predicted octanol–water partition coefficient (Wildman–Crippen LogP) is 0.194. The van der Waals surface area contributed by atoms with Gasteiger partial charge in [-0.15, -0.1) is 0 Å². The summed E-state index contributed by atoms with van der Waals surface area (Å²) in [6.07, 6.45) is 0. The fourth-order valence-corrected chi connectivity index (χ4v) is 1.80. The molecule has 0 spiro atoms. The highest BCUT2D eigenvalue weighted by Gasteiger charge is 2.21. The normalized spacial score (nSPS) is 17.4. The summed E-state index contributed by atoms with van der Waals surface area (Å²) in [6, 6.07) is 10.0. The van der Waals surface area contributed by atoms with Crippen molar-refractivity contribution in [3.05, 3.63) is 35.9 Å². The summed E-state index contributed by atoms with van der Waals surface area (Å²) < 4.78 is 0. The van der Waals surface area contributed by atoms with Gasteiger partial charge in [-0.3, -0.25) is 9.69 Å². The molecule has 0 bridgehead atoms. The fourth-order valence-electron chi connectivity index (χ4n) is 1.80. The van der Waals surface area contributed by atoms with Gasteiger partial charge in [0.15, 0.2) is 0 Å². The molecule has 0 aromatic heterocycles. The first-order valence-corrected chi connectivity index (χ1v) is 5.40. The number of rotatable bonds is 2. The van der Waals surface area contributed by atoms with E-state index < -0.39 is 0 Å². The van der Waals surface area contributed by atoms with Gasteiger partial charge in [0.1, 0.15) is 0 Å². The number of hydrogen-bond acceptors (Lipinski definition) is 3. The monoisotopic (exact) mass is 219 g/mol. The molecular formula is C12H15N2O2. The molecule has 2 rings (SSSR count). The van der Waals surface area contributed by atoms with Gasteiger partial charge >= 0.3 is 0 Å². The van der Waals surface area contributed by atoms with Gasteiger partial charge in [-0.1, -0.05) is 12.1 Å². The molecule has 0 aliphatic carbocycles. The molecule has 1 saturated heterocycles. The Morgan fingerprint density at radius 2 is 2.12 bits per heavy atom. The number of hydrogen-bond donors (Lipinski definition) is 1. The molecule has 1 aliphatic heterocycles. The second kappa shape index (κ2) is 5.09. The Morgan fingerprint density at radius 1 is 1.38 bits per heavy atom. The number of amides is 1. The Kier molecular flexibility index (Phi) is 3.54. The Hall–Kier alpha value is -1.39. The average Bonchev–Trinajstić information content (AvgIpc) is 2.39. The highest BCUT2D eigenvalue weighted by molar-refractivity contribution is 5.94. The lowest BCUT2D eigenvalue weighted by Gasteiger charge is -2.33. The minimum atomic E-state index is 0.0504. The summed E-state index contributed by atoms with van der Waals surface area (Å²) in [6.45, 7) is 2.89. The summed E-state index contributed by atoms with van der Waals surface area (Å²) in [5.41, 5.74) is 0.681. The molecule has 4 nitrogen and oxygen atoms in total. The van der Waals surface area contributed by atoms with Crippen LogP contribution in [0.2, 0.25) is 0 Å². The van der Waals surface area contributed by atoms with Gasteiger partial charge in [0.05, 0.1) is 6.73 Å². The van der Waals surface area contributed by atoms with Gasteiger partial charge in [-0.2, -0.15) is 0 Å². The van der Waals surface area contributed by atoms with E-state index >= 15 is 0 Å². The standard InChI is InChI=1S/C12H15N2O2/c15-10-13-6-8-14(9-7-13)12(16)11-4-2-1-3-5-11/h1-2,4-5,15H,6-10H2. The van der Waals surface area contributed by atoms with Crippen LogP contribution in [0.15, 0.2) is 24.3 Å². The van der Waals surface area contributed by atoms with Crippen molar-refractivity contribution in [1.29, 1.82) is 0 Å². The van der Waals surface area contributed by atoms with Crippen LogP contribution in [-0.2, 0) is 0 Å². The van der Waals surface area contributed by atoms with Crippen molar-refractivity contribution >= 4 is 5.91 Å². The molecular weight excluding hydrogens is 204 g/mol. The highest BCUT2D eigenvalue weighted by Crippen LogP contribution is 2.07.